The monoisotopic (exact) mass is 652 g/mol. The van der Waals surface area contributed by atoms with Crippen LogP contribution in [0.1, 0.15) is 22.9 Å². The molecule has 2 heterocycles. The minimum atomic E-state index is -0.439. The van der Waals surface area contributed by atoms with Gasteiger partial charge in [-0.05, 0) is 45.5 Å². The first kappa shape index (κ1) is 29.2. The maximum atomic E-state index is 5.30. The van der Waals surface area contributed by atoms with Gasteiger partial charge in [-0.15, -0.1) is 0 Å². The molecule has 1 aromatic heterocycles. The van der Waals surface area contributed by atoms with Crippen molar-refractivity contribution >= 4 is 55.0 Å². The largest absolute Gasteiger partial charge is 0.324 e. The van der Waals surface area contributed by atoms with E-state index in [9.17, 15) is 0 Å². The smallest absolute Gasteiger partial charge is 0.170 e. The van der Waals surface area contributed by atoms with Crippen molar-refractivity contribution in [1.82, 2.24) is 9.88 Å². The van der Waals surface area contributed by atoms with Gasteiger partial charge in [-0.25, -0.2) is 9.98 Å². The molecule has 0 saturated heterocycles. The molecule has 0 amide bonds. The molecule has 0 bridgehead atoms. The topological polar surface area (TPSA) is 41.7 Å². The predicted octanol–water partition coefficient (Wildman–Crippen LogP) is 11.3. The van der Waals surface area contributed by atoms with Crippen molar-refractivity contribution < 1.29 is 0 Å². The second kappa shape index (κ2) is 12.0. The van der Waals surface area contributed by atoms with Gasteiger partial charge < -0.3 is 9.88 Å². The molecule has 4 heteroatoms. The summed E-state index contributed by atoms with van der Waals surface area (Å²) in [6, 6.07) is 64.5. The van der Waals surface area contributed by atoms with Crippen LogP contribution in [0.3, 0.4) is 0 Å². The summed E-state index contributed by atoms with van der Waals surface area (Å²) in [7, 11) is 0. The Morgan fingerprint density at radius 3 is 1.63 bits per heavy atom. The van der Waals surface area contributed by atoms with Crippen LogP contribution >= 0.6 is 0 Å². The minimum Gasteiger partial charge on any atom is -0.324 e. The number of nitrogens with zero attached hydrogens (tertiary/aromatic N) is 3. The van der Waals surface area contributed by atoms with Crippen LogP contribution in [0.2, 0.25) is 0 Å². The highest BCUT2D eigenvalue weighted by molar-refractivity contribution is 6.16. The van der Waals surface area contributed by atoms with Crippen LogP contribution in [0.5, 0.6) is 0 Å². The van der Waals surface area contributed by atoms with Crippen LogP contribution in [-0.2, 0) is 0 Å². The zero-order chi connectivity index (χ0) is 33.7. The fraction of sp³-hybridized carbons (Fsp3) is 0.0213. The number of rotatable bonds is 5. The lowest BCUT2D eigenvalue weighted by Crippen LogP contribution is -2.36. The summed E-state index contributed by atoms with van der Waals surface area (Å²) in [6.45, 7) is 0. The summed E-state index contributed by atoms with van der Waals surface area (Å²) in [5.41, 5.74) is 9.01. The fourth-order valence-corrected chi connectivity index (χ4v) is 7.67. The Morgan fingerprint density at radius 1 is 0.392 bits per heavy atom. The zero-order valence-corrected chi connectivity index (χ0v) is 27.7. The summed E-state index contributed by atoms with van der Waals surface area (Å²) in [5.74, 6) is 1.60. The molecule has 1 N–H and O–H groups in total. The molecule has 0 saturated carbocycles. The van der Waals surface area contributed by atoms with Gasteiger partial charge in [0.15, 0.2) is 6.17 Å². The second-order valence-corrected chi connectivity index (χ2v) is 13.0. The van der Waals surface area contributed by atoms with Crippen LogP contribution in [0.15, 0.2) is 192 Å². The molecule has 10 rings (SSSR count). The van der Waals surface area contributed by atoms with Gasteiger partial charge in [-0.3, -0.25) is 0 Å². The van der Waals surface area contributed by atoms with E-state index in [0.29, 0.717) is 0 Å². The lowest BCUT2D eigenvalue weighted by atomic mass is 9.97. The second-order valence-electron chi connectivity index (χ2n) is 13.0. The third kappa shape index (κ3) is 4.92. The van der Waals surface area contributed by atoms with E-state index >= 15 is 0 Å². The molecule has 9 aromatic rings. The molecule has 51 heavy (non-hydrogen) atoms. The summed E-state index contributed by atoms with van der Waals surface area (Å²) < 4.78 is 2.39. The summed E-state index contributed by atoms with van der Waals surface area (Å²) in [5, 5.41) is 10.9. The number of aliphatic imine (C=N–C) groups is 2. The number of amidine groups is 2. The highest BCUT2D eigenvalue weighted by Crippen LogP contribution is 2.38. The third-order valence-electron chi connectivity index (χ3n) is 10.1. The molecule has 1 aliphatic heterocycles. The Labute approximate surface area is 295 Å². The zero-order valence-electron chi connectivity index (χ0n) is 27.7. The number of aromatic nitrogens is 1. The highest BCUT2D eigenvalue weighted by atomic mass is 15.2. The lowest BCUT2D eigenvalue weighted by molar-refractivity contribution is 0.762. The van der Waals surface area contributed by atoms with E-state index in [1.807, 2.05) is 6.07 Å². The SMILES string of the molecule is c1ccc(C2=NC(c3ccc(-n4c5ccccc5c5ccccc54)c4ccccc34)N=C(c3ccc(-c4cccc5ccccc45)cc3)N2)cc1. The first-order valence-corrected chi connectivity index (χ1v) is 17.4. The molecule has 8 aromatic carbocycles. The van der Waals surface area contributed by atoms with Gasteiger partial charge in [0, 0.05) is 32.8 Å². The van der Waals surface area contributed by atoms with Crippen molar-refractivity contribution in [3.63, 3.8) is 0 Å². The third-order valence-corrected chi connectivity index (χ3v) is 10.1. The summed E-state index contributed by atoms with van der Waals surface area (Å²) in [6.07, 6.45) is -0.439. The van der Waals surface area contributed by atoms with Crippen molar-refractivity contribution in [3.8, 4) is 16.8 Å². The van der Waals surface area contributed by atoms with Gasteiger partial charge in [-0.2, -0.15) is 0 Å². The average Bonchev–Trinajstić information content (AvgIpc) is 3.54. The van der Waals surface area contributed by atoms with Gasteiger partial charge in [-0.1, -0.05) is 164 Å². The Morgan fingerprint density at radius 2 is 0.922 bits per heavy atom. The summed E-state index contributed by atoms with van der Waals surface area (Å²) >= 11 is 0. The Balaban J connectivity index is 1.11. The van der Waals surface area contributed by atoms with Crippen LogP contribution in [0.25, 0.3) is 60.2 Å². The van der Waals surface area contributed by atoms with Crippen LogP contribution in [-0.4, -0.2) is 16.2 Å². The van der Waals surface area contributed by atoms with E-state index in [1.165, 1.54) is 43.7 Å². The van der Waals surface area contributed by atoms with E-state index in [1.54, 1.807) is 0 Å². The van der Waals surface area contributed by atoms with Gasteiger partial charge in [0.25, 0.3) is 0 Å². The standard InChI is InChI=1S/C47H32N4/c1-2-14-33(15-3-1)45-48-46(34-27-25-32(26-28-34)36-22-12-16-31-13-4-5-17-35(31)36)50-47(49-45)41-29-30-44(38-19-7-6-18-37(38)41)51-42-23-10-8-20-39(42)40-21-9-11-24-43(40)51/h1-30,47H,(H,48,49,50). The maximum Gasteiger partial charge on any atom is 0.170 e. The average molecular weight is 653 g/mol. The predicted molar refractivity (Wildman–Crippen MR) is 213 cm³/mol. The molecular formula is C47H32N4. The van der Waals surface area contributed by atoms with Gasteiger partial charge >= 0.3 is 0 Å². The highest BCUT2D eigenvalue weighted by Gasteiger charge is 2.24. The molecule has 1 unspecified atom stereocenters. The number of nitrogens with one attached hydrogen (secondary N) is 1. The molecule has 0 spiro atoms. The molecule has 4 nitrogen and oxygen atoms in total. The minimum absolute atomic E-state index is 0.439. The Bertz CT molecular complexity index is 2770. The normalized spacial score (nSPS) is 14.5. The van der Waals surface area contributed by atoms with Crippen molar-refractivity contribution in [2.75, 3.05) is 0 Å². The summed E-state index contributed by atoms with van der Waals surface area (Å²) in [4.78, 5) is 10.6. The van der Waals surface area contributed by atoms with E-state index in [4.69, 9.17) is 9.98 Å². The molecule has 1 aliphatic rings. The molecule has 0 fully saturated rings. The molecular weight excluding hydrogens is 621 g/mol. The van der Waals surface area contributed by atoms with Crippen LogP contribution in [0, 0.1) is 0 Å². The first-order chi connectivity index (χ1) is 25.3. The van der Waals surface area contributed by atoms with E-state index in [0.717, 1.165) is 44.8 Å². The number of para-hydroxylation sites is 2. The van der Waals surface area contributed by atoms with Crippen molar-refractivity contribution in [2.45, 2.75) is 6.17 Å². The van der Waals surface area contributed by atoms with E-state index in [-0.39, 0.29) is 0 Å². The first-order valence-electron chi connectivity index (χ1n) is 17.4. The number of benzene rings is 8. The van der Waals surface area contributed by atoms with Crippen LogP contribution < -0.4 is 5.32 Å². The number of fused-ring (bicyclic) bond motifs is 5. The van der Waals surface area contributed by atoms with Gasteiger partial charge in [0.1, 0.15) is 11.7 Å². The fourth-order valence-electron chi connectivity index (χ4n) is 7.67. The molecule has 0 radical (unpaired) electrons. The molecule has 240 valence electrons. The van der Waals surface area contributed by atoms with Crippen molar-refractivity contribution in [1.29, 1.82) is 0 Å². The van der Waals surface area contributed by atoms with E-state index in [2.05, 4.69) is 186 Å². The van der Waals surface area contributed by atoms with E-state index < -0.39 is 6.17 Å². The molecule has 1 atom stereocenters. The lowest BCUT2D eigenvalue weighted by Gasteiger charge is -2.24. The maximum absolute atomic E-state index is 5.30. The van der Waals surface area contributed by atoms with Crippen molar-refractivity contribution in [3.05, 3.63) is 199 Å². The van der Waals surface area contributed by atoms with Gasteiger partial charge in [0.05, 0.1) is 16.7 Å². The molecule has 0 aliphatic carbocycles. The van der Waals surface area contributed by atoms with Crippen molar-refractivity contribution in [2.24, 2.45) is 9.98 Å². The van der Waals surface area contributed by atoms with Gasteiger partial charge in [0.2, 0.25) is 0 Å². The Kier molecular flexibility index (Phi) is 6.85. The Hall–Kier alpha value is -6.78. The quantitative estimate of drug-likeness (QED) is 0.197. The number of hydrogen-bond donors (Lipinski definition) is 1. The number of hydrogen-bond acceptors (Lipinski definition) is 3. The van der Waals surface area contributed by atoms with Crippen LogP contribution in [0.4, 0.5) is 0 Å².